The van der Waals surface area contributed by atoms with Crippen molar-refractivity contribution in [3.63, 3.8) is 0 Å². The fraction of sp³-hybridized carbons (Fsp3) is 0.564. The number of fused-ring (bicyclic) bond motifs is 14. The number of hydrogen-bond acceptors (Lipinski definition) is 14. The van der Waals surface area contributed by atoms with Crippen LogP contribution < -0.4 is 10.2 Å². The van der Waals surface area contributed by atoms with Gasteiger partial charge >= 0.3 is 11.9 Å². The van der Waals surface area contributed by atoms with Crippen LogP contribution in [-0.4, -0.2) is 59.5 Å². The van der Waals surface area contributed by atoms with Gasteiger partial charge in [-0.25, -0.2) is 19.6 Å². The summed E-state index contributed by atoms with van der Waals surface area (Å²) < 4.78 is 9.97. The predicted octanol–water partition coefficient (Wildman–Crippen LogP) is 25.7. The molecule has 2 aromatic carbocycles. The molecule has 1 N–H and O–H groups in total. The molecule has 0 saturated heterocycles. The second-order valence-corrected chi connectivity index (χ2v) is 42.5. The van der Waals surface area contributed by atoms with Gasteiger partial charge in [-0.2, -0.15) is 0 Å². The molecule has 8 fully saturated rings. The molecule has 0 spiro atoms. The van der Waals surface area contributed by atoms with Crippen molar-refractivity contribution in [1.82, 2.24) is 9.97 Å². The maximum atomic E-state index is 14.2. The maximum absolute atomic E-state index is 14.2. The van der Waals surface area contributed by atoms with Gasteiger partial charge in [-0.3, -0.25) is 4.79 Å². The lowest BCUT2D eigenvalue weighted by Gasteiger charge is -2.73. The van der Waals surface area contributed by atoms with Crippen LogP contribution in [0.25, 0.3) is 32.3 Å². The molecule has 0 aliphatic heterocycles. The first kappa shape index (κ1) is 76.0. The van der Waals surface area contributed by atoms with Gasteiger partial charge in [0.2, 0.25) is 0 Å². The van der Waals surface area contributed by atoms with Gasteiger partial charge in [0, 0.05) is 21.8 Å². The topological polar surface area (TPSA) is 111 Å². The monoisotopic (exact) mass is 1540 g/mol. The van der Waals surface area contributed by atoms with Crippen LogP contribution >= 0.6 is 56.7 Å². The van der Waals surface area contributed by atoms with Gasteiger partial charge in [-0.15, -0.1) is 56.7 Å². The number of methoxy groups -OCH3 is 2. The number of nitrogens with zero attached hydrogens (tertiary/aromatic N) is 3. The van der Waals surface area contributed by atoms with Crippen LogP contribution in [0.5, 0.6) is 0 Å². The summed E-state index contributed by atoms with van der Waals surface area (Å²) in [5.74, 6) is 5.39. The zero-order chi connectivity index (χ0) is 76.1. The lowest BCUT2D eigenvalue weighted by atomic mass is 9.33. The number of ether oxygens (including phenoxy) is 2. The number of thiophene rings is 3. The molecular weight excluding hydrogens is 1430 g/mol. The number of carbonyl (C=O) groups is 3. The Kier molecular flexibility index (Phi) is 19.5. The van der Waals surface area contributed by atoms with Crippen LogP contribution in [0, 0.1) is 102 Å². The normalized spacial score (nSPS) is 36.5. The van der Waals surface area contributed by atoms with Crippen LogP contribution in [0.2, 0.25) is 0 Å². The van der Waals surface area contributed by atoms with Crippen molar-refractivity contribution >= 4 is 95.8 Å². The minimum absolute atomic E-state index is 0.00234. The molecular formula is C94H116N4O5S5. The fourth-order valence-corrected chi connectivity index (χ4v) is 31.9. The molecule has 0 radical (unpaired) electrons. The summed E-state index contributed by atoms with van der Waals surface area (Å²) in [7, 11) is 2.89. The molecule has 0 bridgehead atoms. The van der Waals surface area contributed by atoms with E-state index in [0.717, 1.165) is 58.6 Å². The first-order valence-corrected chi connectivity index (χ1v) is 45.1. The molecule has 10 aliphatic carbocycles. The molecule has 9 nitrogen and oxygen atoms in total. The summed E-state index contributed by atoms with van der Waals surface area (Å²) >= 11 is 8.58. The van der Waals surface area contributed by atoms with Crippen LogP contribution in [0.4, 0.5) is 10.3 Å². The Balaban J connectivity index is 0.000000167. The molecule has 10 aliphatic rings. The lowest BCUT2D eigenvalue weighted by Crippen LogP contribution is -2.68. The van der Waals surface area contributed by atoms with Crippen LogP contribution in [0.1, 0.15) is 240 Å². The number of benzene rings is 2. The molecule has 0 unspecified atom stereocenters. The predicted molar refractivity (Wildman–Crippen MR) is 451 cm³/mol. The van der Waals surface area contributed by atoms with Crippen molar-refractivity contribution in [2.45, 2.75) is 210 Å². The standard InChI is InChI=1S/C50H60N2O3S3.C44H56N2O2S2/c1-31(2)34-19-24-50(52(29-38(53)40-12-10-28-57-40)45-51-37(30-58-45)39-11-9-27-56-39)26-25-48(6)36(43(34)50)17-18-42-47(5)22-20-35(32-13-15-33(16-14-32)44(54)55-8)46(3,4)41(47)21-23-49(42,48)7;1-27(2)30-17-22-44(46-39-45-33(26-50-39)34-10-9-25-49-34)24-23-42(6)32(37(30)44)15-16-36-41(5)20-18-31(28-11-13-29(14-12-28)38(47)48-8)40(3,4)35(41)19-21-43(36,42)7/h9-16,20,27-28,30,34,36,41-43H,1,17-19,21-26,29H2,2-8H3;9-14,18,25-26,30,32,35-37H,1,15-17,19-24H2,2-8H3,(H,45,46)/t34-,36+,41-,42+,43+,47-,48+,49+,50-;30-,32+,35-,36+,37+,41-,42+,43+,44-/m00/s1. The van der Waals surface area contributed by atoms with Gasteiger partial charge < -0.3 is 19.7 Å². The second-order valence-electron chi connectivity index (χ2n) is 38.0. The second kappa shape index (κ2) is 27.7. The number of carbonyl (C=O) groups excluding carboxylic acids is 3. The highest BCUT2D eigenvalue weighted by atomic mass is 32.1. The third-order valence-electron chi connectivity index (χ3n) is 33.2. The van der Waals surface area contributed by atoms with E-state index in [0.29, 0.717) is 87.7 Å². The van der Waals surface area contributed by atoms with Crippen molar-refractivity contribution < 1.29 is 23.9 Å². The quantitative estimate of drug-likeness (QED) is 0.0609. The number of esters is 2. The van der Waals surface area contributed by atoms with Gasteiger partial charge in [0.15, 0.2) is 16.0 Å². The number of Topliss-reactive ketones (excluding diaryl/α,β-unsaturated/α-hetero) is 1. The van der Waals surface area contributed by atoms with E-state index in [1.165, 1.54) is 141 Å². The highest BCUT2D eigenvalue weighted by Gasteiger charge is 2.74. The van der Waals surface area contributed by atoms with Crippen molar-refractivity contribution in [3.8, 4) is 21.1 Å². The molecule has 5 aromatic heterocycles. The lowest BCUT2D eigenvalue weighted by molar-refractivity contribution is -0.217. The van der Waals surface area contributed by atoms with Crippen molar-refractivity contribution in [2.24, 2.45) is 102 Å². The zero-order valence-electron chi connectivity index (χ0n) is 66.7. The van der Waals surface area contributed by atoms with E-state index in [-0.39, 0.29) is 61.3 Å². The van der Waals surface area contributed by atoms with E-state index < -0.39 is 0 Å². The summed E-state index contributed by atoms with van der Waals surface area (Å²) in [5, 5.41) is 17.0. The third-order valence-corrected chi connectivity index (χ3v) is 37.6. The molecule has 572 valence electrons. The van der Waals surface area contributed by atoms with E-state index in [1.54, 1.807) is 56.7 Å². The first-order valence-electron chi connectivity index (χ1n) is 40.7. The molecule has 14 heteroatoms. The van der Waals surface area contributed by atoms with Crippen molar-refractivity contribution in [3.05, 3.63) is 175 Å². The van der Waals surface area contributed by atoms with Gasteiger partial charge in [0.05, 0.1) is 57.9 Å². The van der Waals surface area contributed by atoms with Crippen LogP contribution in [-0.2, 0) is 9.47 Å². The summed E-state index contributed by atoms with van der Waals surface area (Å²) in [5.41, 5.74) is 12.8. The third kappa shape index (κ3) is 11.6. The molecule has 18 atom stereocenters. The minimum atomic E-state index is -0.287. The highest BCUT2D eigenvalue weighted by molar-refractivity contribution is 7.16. The maximum Gasteiger partial charge on any atom is 0.337 e. The number of hydrogen-bond donors (Lipinski definition) is 1. The molecule has 7 aromatic rings. The van der Waals surface area contributed by atoms with Gasteiger partial charge in [-0.05, 0) is 313 Å². The summed E-state index contributed by atoms with van der Waals surface area (Å²) in [6.07, 6.45) is 27.0. The zero-order valence-corrected chi connectivity index (χ0v) is 70.8. The van der Waals surface area contributed by atoms with E-state index >= 15 is 0 Å². The SMILES string of the molecule is C=C(C)[C@@H]1CC[C@]2(N(CC(=O)c3cccs3)c3nc(-c4cccs4)cs3)CC[C@]3(C)[C@H](CC[C@@H]4[C@@]5(C)CC=C(c6ccc(C(=O)OC)cc6)C(C)(C)[C@@H]5CC[C@]43C)[C@@H]12.C=C(C)[C@@H]1CC[C@]2(Nc3nc(-c4cccs4)cs3)CC[C@]3(C)[C@H](CC[C@@H]4[C@@]5(C)CC=C(c6ccc(C(=O)OC)cc6)C(C)(C)[C@@H]5CC[C@]43C)[C@@H]12. The Labute approximate surface area is 664 Å². The molecule has 8 saturated carbocycles. The van der Waals surface area contributed by atoms with E-state index in [9.17, 15) is 14.4 Å². The number of rotatable bonds is 15. The Bertz CT molecular complexity index is 4640. The van der Waals surface area contributed by atoms with Gasteiger partial charge in [0.25, 0.3) is 0 Å². The van der Waals surface area contributed by atoms with E-state index in [1.807, 2.05) is 41.8 Å². The smallest absolute Gasteiger partial charge is 0.337 e. The highest BCUT2D eigenvalue weighted by Crippen LogP contribution is 2.80. The summed E-state index contributed by atoms with van der Waals surface area (Å²) in [6.45, 7) is 40.5. The largest absolute Gasteiger partial charge is 0.465 e. The number of aromatic nitrogens is 2. The number of anilines is 2. The van der Waals surface area contributed by atoms with E-state index in [4.69, 9.17) is 26.0 Å². The fourth-order valence-electron chi connectivity index (χ4n) is 28.0. The Morgan fingerprint density at radius 1 is 0.500 bits per heavy atom. The number of nitrogens with one attached hydrogen (secondary N) is 1. The minimum Gasteiger partial charge on any atom is -0.465 e. The van der Waals surface area contributed by atoms with Crippen molar-refractivity contribution in [2.75, 3.05) is 31.0 Å². The Hall–Kier alpha value is -6.03. The molecule has 17 rings (SSSR count). The van der Waals surface area contributed by atoms with Crippen LogP contribution in [0.15, 0.2) is 148 Å². The molecule has 5 heterocycles. The molecule has 108 heavy (non-hydrogen) atoms. The molecule has 0 amide bonds. The van der Waals surface area contributed by atoms with Crippen LogP contribution in [0.3, 0.4) is 0 Å². The summed E-state index contributed by atoms with van der Waals surface area (Å²) in [4.78, 5) is 55.0. The van der Waals surface area contributed by atoms with Gasteiger partial charge in [-0.1, -0.05) is 148 Å². The van der Waals surface area contributed by atoms with E-state index in [2.05, 4.69) is 182 Å². The van der Waals surface area contributed by atoms with Crippen molar-refractivity contribution in [1.29, 1.82) is 0 Å². The summed E-state index contributed by atoms with van der Waals surface area (Å²) in [6, 6.07) is 28.8. The Morgan fingerprint density at radius 2 is 0.981 bits per heavy atom. The number of ketones is 1. The Morgan fingerprint density at radius 3 is 1.48 bits per heavy atom. The first-order chi connectivity index (χ1) is 51.4. The average Bonchev–Trinajstić information content (AvgIpc) is 1.12. The number of thiazole rings is 2. The number of allylic oxidation sites excluding steroid dienone is 6. The van der Waals surface area contributed by atoms with Gasteiger partial charge in [0.1, 0.15) is 0 Å². The average molecular weight is 1540 g/mol.